The maximum atomic E-state index is 12.9. The van der Waals surface area contributed by atoms with Crippen molar-refractivity contribution in [3.05, 3.63) is 72.9 Å². The van der Waals surface area contributed by atoms with E-state index >= 15 is 0 Å². The Kier molecular flexibility index (Phi) is 32.2. The number of hydrogen-bond acceptors (Lipinski definition) is 15. The van der Waals surface area contributed by atoms with E-state index in [1.807, 2.05) is 54.7 Å². The average Bonchev–Trinajstić information content (AvgIpc) is 3.29. The molecule has 0 saturated carbocycles. The van der Waals surface area contributed by atoms with E-state index in [1.165, 1.54) is 44.9 Å². The van der Waals surface area contributed by atoms with Crippen molar-refractivity contribution in [1.82, 2.24) is 0 Å². The van der Waals surface area contributed by atoms with Gasteiger partial charge in [0.05, 0.1) is 19.8 Å². The highest BCUT2D eigenvalue weighted by Crippen LogP contribution is 2.26. The summed E-state index contributed by atoms with van der Waals surface area (Å²) < 4.78 is 33.4. The molecule has 2 fully saturated rings. The van der Waals surface area contributed by atoms with Gasteiger partial charge in [0, 0.05) is 12.8 Å². The smallest absolute Gasteiger partial charge is 0.306 e. The summed E-state index contributed by atoms with van der Waals surface area (Å²) in [5, 5.41) is 71.9. The van der Waals surface area contributed by atoms with Crippen LogP contribution in [-0.2, 0) is 38.0 Å². The molecule has 2 rings (SSSR count). The van der Waals surface area contributed by atoms with Crippen LogP contribution in [0.25, 0.3) is 0 Å². The molecule has 2 aliphatic heterocycles. The van der Waals surface area contributed by atoms with Crippen molar-refractivity contribution in [3.63, 3.8) is 0 Å². The first kappa shape index (κ1) is 57.1. The predicted molar refractivity (Wildman–Crippen MR) is 242 cm³/mol. The van der Waals surface area contributed by atoms with E-state index in [9.17, 15) is 45.3 Å². The maximum absolute atomic E-state index is 12.9. The van der Waals surface area contributed by atoms with Gasteiger partial charge in [-0.15, -0.1) is 0 Å². The Labute approximate surface area is 381 Å². The van der Waals surface area contributed by atoms with Gasteiger partial charge in [0.2, 0.25) is 0 Å². The van der Waals surface area contributed by atoms with E-state index in [2.05, 4.69) is 32.1 Å². The Hall–Kier alpha value is -3.06. The molecule has 0 aromatic heterocycles. The quantitative estimate of drug-likeness (QED) is 0.0184. The summed E-state index contributed by atoms with van der Waals surface area (Å²) in [5.74, 6) is -1.02. The van der Waals surface area contributed by atoms with Crippen LogP contribution in [0, 0.1) is 0 Å². The molecular weight excluding hydrogens is 829 g/mol. The minimum atomic E-state index is -1.78. The number of unbranched alkanes of at least 4 members (excludes halogenated alkanes) is 12. The van der Waals surface area contributed by atoms with Crippen molar-refractivity contribution in [2.75, 3.05) is 26.4 Å². The Bertz CT molecular complexity index is 1390. The van der Waals surface area contributed by atoms with Crippen LogP contribution in [0.3, 0.4) is 0 Å². The van der Waals surface area contributed by atoms with Crippen LogP contribution in [0.2, 0.25) is 0 Å². The zero-order valence-corrected chi connectivity index (χ0v) is 38.2. The van der Waals surface area contributed by atoms with Crippen LogP contribution in [0.4, 0.5) is 0 Å². The van der Waals surface area contributed by atoms with Gasteiger partial charge >= 0.3 is 11.9 Å². The third-order valence-electron chi connectivity index (χ3n) is 10.8. The van der Waals surface area contributed by atoms with E-state index in [0.29, 0.717) is 19.3 Å². The predicted octanol–water partition coefficient (Wildman–Crippen LogP) is 5.48. The van der Waals surface area contributed by atoms with Crippen molar-refractivity contribution in [2.24, 2.45) is 0 Å². The van der Waals surface area contributed by atoms with E-state index < -0.39 is 99.3 Å². The summed E-state index contributed by atoms with van der Waals surface area (Å²) in [7, 11) is 0. The summed E-state index contributed by atoms with van der Waals surface area (Å²) in [6.07, 6.45) is 23.8. The van der Waals surface area contributed by atoms with Crippen LogP contribution in [0.1, 0.15) is 129 Å². The van der Waals surface area contributed by atoms with Gasteiger partial charge < -0.3 is 64.2 Å². The number of carbonyl (C=O) groups is 2. The molecule has 0 aromatic rings. The number of esters is 2. The second-order valence-corrected chi connectivity index (χ2v) is 16.3. The fraction of sp³-hybridized carbons (Fsp3) is 0.714. The standard InChI is InChI=1S/C49H80O15/c1-3-5-7-9-11-13-15-17-18-20-21-23-25-27-29-31-40(51)59-34-37(62-41(52)32-30-28-26-24-22-19-16-14-12-10-8-6-4-2)35-60-48-47(58)45(56)43(54)39(64-48)36-61-49-46(57)44(55)42(53)38(33-50)63-49/h6,8,10,12-16,19,22,24,26,37-39,42-50,53-58H,3-5,7,9,11,17-18,20-21,23,25,27-36H2,1-2H3/b8-6+,12-10+,15-13+,16-14+,22-19+,26-24+/t37?,38-,39-,42+,43+,44?,45?,46?,47?,48-,49-/m1/s1. The molecule has 7 N–H and O–H groups in total. The fourth-order valence-electron chi connectivity index (χ4n) is 6.89. The van der Waals surface area contributed by atoms with E-state index in [0.717, 1.165) is 38.5 Å². The fourth-order valence-corrected chi connectivity index (χ4v) is 6.89. The van der Waals surface area contributed by atoms with Crippen molar-refractivity contribution in [1.29, 1.82) is 0 Å². The molecule has 2 saturated heterocycles. The Morgan fingerprint density at radius 3 is 1.62 bits per heavy atom. The molecule has 0 aliphatic carbocycles. The van der Waals surface area contributed by atoms with Crippen molar-refractivity contribution in [3.8, 4) is 0 Å². The summed E-state index contributed by atoms with van der Waals surface area (Å²) in [4.78, 5) is 25.6. The molecule has 366 valence electrons. The van der Waals surface area contributed by atoms with Gasteiger partial charge in [-0.2, -0.15) is 0 Å². The lowest BCUT2D eigenvalue weighted by Gasteiger charge is -2.42. The average molecular weight is 909 g/mol. The van der Waals surface area contributed by atoms with Gasteiger partial charge in [0.15, 0.2) is 18.7 Å². The summed E-state index contributed by atoms with van der Waals surface area (Å²) in [6.45, 7) is 2.32. The van der Waals surface area contributed by atoms with Crippen molar-refractivity contribution in [2.45, 2.75) is 197 Å². The van der Waals surface area contributed by atoms with E-state index in [-0.39, 0.29) is 19.4 Å². The molecule has 2 aliphatic rings. The highest BCUT2D eigenvalue weighted by Gasteiger charge is 2.47. The first-order chi connectivity index (χ1) is 31.0. The third-order valence-corrected chi connectivity index (χ3v) is 10.8. The molecule has 0 amide bonds. The number of ether oxygens (including phenoxy) is 6. The number of aliphatic hydroxyl groups is 7. The SMILES string of the molecule is CC/C=C/C=C/C=C/C=C/C=C/CCCC(=O)OC(COC(=O)CCCCCCCCC/C=C/CCCCCC)CO[C@@H]1O[C@H](CO[C@@H]2O[C@H](CO)[C@H](O)C(O)C2O)[C@H](O)C(O)C1O. The summed E-state index contributed by atoms with van der Waals surface area (Å²) >= 11 is 0. The van der Waals surface area contributed by atoms with Crippen LogP contribution in [-0.4, -0.2) is 142 Å². The summed E-state index contributed by atoms with van der Waals surface area (Å²) in [5.41, 5.74) is 0. The van der Waals surface area contributed by atoms with E-state index in [4.69, 9.17) is 28.4 Å². The zero-order chi connectivity index (χ0) is 46.8. The highest BCUT2D eigenvalue weighted by molar-refractivity contribution is 5.70. The number of carbonyl (C=O) groups excluding carboxylic acids is 2. The molecule has 64 heavy (non-hydrogen) atoms. The van der Waals surface area contributed by atoms with Crippen LogP contribution >= 0.6 is 0 Å². The Balaban J connectivity index is 1.88. The number of aliphatic hydroxyl groups excluding tert-OH is 7. The van der Waals surface area contributed by atoms with Gasteiger partial charge in [-0.3, -0.25) is 9.59 Å². The first-order valence-electron chi connectivity index (χ1n) is 23.6. The zero-order valence-electron chi connectivity index (χ0n) is 38.2. The highest BCUT2D eigenvalue weighted by atomic mass is 16.7. The molecule has 5 unspecified atom stereocenters. The Morgan fingerprint density at radius 1 is 0.516 bits per heavy atom. The summed E-state index contributed by atoms with van der Waals surface area (Å²) in [6, 6.07) is 0. The lowest BCUT2D eigenvalue weighted by Crippen LogP contribution is -2.61. The van der Waals surface area contributed by atoms with Gasteiger partial charge in [-0.1, -0.05) is 138 Å². The largest absolute Gasteiger partial charge is 0.462 e. The lowest BCUT2D eigenvalue weighted by atomic mass is 9.98. The maximum Gasteiger partial charge on any atom is 0.306 e. The Morgan fingerprint density at radius 2 is 1.02 bits per heavy atom. The number of hydrogen-bond donors (Lipinski definition) is 7. The molecule has 2 heterocycles. The second kappa shape index (κ2) is 36.1. The minimum absolute atomic E-state index is 0.0646. The van der Waals surface area contributed by atoms with Crippen LogP contribution in [0.15, 0.2) is 72.9 Å². The normalized spacial score (nSPS) is 27.3. The molecule has 0 radical (unpaired) electrons. The van der Waals surface area contributed by atoms with Crippen LogP contribution < -0.4 is 0 Å². The van der Waals surface area contributed by atoms with Gasteiger partial charge in [-0.05, 0) is 51.4 Å². The molecule has 11 atom stereocenters. The molecule has 0 aromatic carbocycles. The number of allylic oxidation sites excluding steroid dienone is 12. The third kappa shape index (κ3) is 24.5. The molecule has 15 heteroatoms. The molecule has 0 bridgehead atoms. The van der Waals surface area contributed by atoms with Crippen molar-refractivity contribution >= 4 is 11.9 Å². The minimum Gasteiger partial charge on any atom is -0.462 e. The molecule has 15 nitrogen and oxygen atoms in total. The van der Waals surface area contributed by atoms with E-state index in [1.54, 1.807) is 0 Å². The van der Waals surface area contributed by atoms with Crippen molar-refractivity contribution < 1.29 is 73.8 Å². The lowest BCUT2D eigenvalue weighted by molar-refractivity contribution is -0.332. The number of rotatable bonds is 34. The second-order valence-electron chi connectivity index (χ2n) is 16.3. The topological polar surface area (TPSA) is 231 Å². The first-order valence-corrected chi connectivity index (χ1v) is 23.6. The van der Waals surface area contributed by atoms with Crippen LogP contribution in [0.5, 0.6) is 0 Å². The molecular formula is C49H80O15. The van der Waals surface area contributed by atoms with Gasteiger partial charge in [-0.25, -0.2) is 0 Å². The van der Waals surface area contributed by atoms with Gasteiger partial charge in [0.25, 0.3) is 0 Å². The monoisotopic (exact) mass is 909 g/mol. The molecule has 0 spiro atoms. The van der Waals surface area contributed by atoms with Gasteiger partial charge in [0.1, 0.15) is 55.4 Å².